The Morgan fingerprint density at radius 1 is 1.29 bits per heavy atom. The first kappa shape index (κ1) is 15.8. The Morgan fingerprint density at radius 3 is 2.48 bits per heavy atom. The number of rotatable bonds is 6. The largest absolute Gasteiger partial charge is 0.344 e. The lowest BCUT2D eigenvalue weighted by Crippen LogP contribution is -2.33. The Morgan fingerprint density at radius 2 is 2.00 bits per heavy atom. The summed E-state index contributed by atoms with van der Waals surface area (Å²) in [6.07, 6.45) is 2.12. The van der Waals surface area contributed by atoms with Gasteiger partial charge >= 0.3 is 0 Å². The zero-order chi connectivity index (χ0) is 15.4. The third kappa shape index (κ3) is 3.38. The van der Waals surface area contributed by atoms with Crippen LogP contribution >= 0.6 is 11.3 Å². The van der Waals surface area contributed by atoms with Crippen molar-refractivity contribution in [3.8, 4) is 0 Å². The number of amides is 1. The van der Waals surface area contributed by atoms with E-state index in [4.69, 9.17) is 0 Å². The van der Waals surface area contributed by atoms with Crippen molar-refractivity contribution in [2.75, 3.05) is 0 Å². The van der Waals surface area contributed by atoms with Crippen LogP contribution in [0.3, 0.4) is 0 Å². The van der Waals surface area contributed by atoms with Crippen LogP contribution in [0.1, 0.15) is 53.8 Å². The fourth-order valence-electron chi connectivity index (χ4n) is 2.71. The Bertz CT molecular complexity index is 582. The predicted octanol–water partition coefficient (Wildman–Crippen LogP) is 4.30. The molecule has 0 saturated carbocycles. The zero-order valence-corrected chi connectivity index (χ0v) is 14.0. The predicted molar refractivity (Wildman–Crippen MR) is 88.7 cm³/mol. The van der Waals surface area contributed by atoms with Crippen LogP contribution in [0.5, 0.6) is 0 Å². The topological polar surface area (TPSA) is 34.0 Å². The lowest BCUT2D eigenvalue weighted by Gasteiger charge is -2.25. The van der Waals surface area contributed by atoms with Crippen molar-refractivity contribution in [1.29, 1.82) is 0 Å². The number of carbonyl (C=O) groups is 1. The van der Waals surface area contributed by atoms with E-state index in [0.717, 1.165) is 24.2 Å². The summed E-state index contributed by atoms with van der Waals surface area (Å²) in [6.45, 7) is 6.38. The van der Waals surface area contributed by atoms with Gasteiger partial charge in [-0.2, -0.15) is 0 Å². The Hall–Kier alpha value is -1.55. The highest BCUT2D eigenvalue weighted by atomic mass is 32.1. The average molecular weight is 304 g/mol. The van der Waals surface area contributed by atoms with Gasteiger partial charge in [-0.05, 0) is 36.4 Å². The molecule has 0 aliphatic rings. The van der Waals surface area contributed by atoms with Gasteiger partial charge in [-0.3, -0.25) is 4.79 Å². The molecule has 1 atom stereocenters. The fraction of sp³-hybridized carbons (Fsp3) is 0.471. The highest BCUT2D eigenvalue weighted by Gasteiger charge is 2.24. The van der Waals surface area contributed by atoms with E-state index in [9.17, 15) is 4.79 Å². The molecule has 0 fully saturated rings. The summed E-state index contributed by atoms with van der Waals surface area (Å²) in [7, 11) is 1.93. The van der Waals surface area contributed by atoms with Crippen molar-refractivity contribution in [2.24, 2.45) is 13.0 Å². The van der Waals surface area contributed by atoms with Gasteiger partial charge in [-0.25, -0.2) is 0 Å². The number of hydrogen-bond donors (Lipinski definition) is 1. The summed E-state index contributed by atoms with van der Waals surface area (Å²) in [5.74, 6) is 0.477. The normalized spacial score (nSPS) is 12.6. The van der Waals surface area contributed by atoms with Gasteiger partial charge in [0.25, 0.3) is 5.91 Å². The third-order valence-corrected chi connectivity index (χ3v) is 5.22. The third-order valence-electron chi connectivity index (χ3n) is 4.26. The summed E-state index contributed by atoms with van der Waals surface area (Å²) >= 11 is 1.72. The Labute approximate surface area is 131 Å². The molecule has 2 aromatic rings. The van der Waals surface area contributed by atoms with Gasteiger partial charge in [0.1, 0.15) is 5.69 Å². The standard InChI is InChI=1S/C17H24N2OS/c1-5-13(6-2)16(15-8-7-11-21-15)18-17(20)14-10-9-12(3)19(14)4/h7-11,13,16H,5-6H2,1-4H3,(H,18,20). The van der Waals surface area contributed by atoms with Crippen LogP contribution in [0.2, 0.25) is 0 Å². The molecule has 0 spiro atoms. The molecule has 0 aliphatic carbocycles. The number of aryl methyl sites for hydroxylation is 1. The molecule has 1 amide bonds. The van der Waals surface area contributed by atoms with Gasteiger partial charge in [0, 0.05) is 17.6 Å². The van der Waals surface area contributed by atoms with Crippen LogP contribution in [0.15, 0.2) is 29.6 Å². The summed E-state index contributed by atoms with van der Waals surface area (Å²) in [5.41, 5.74) is 1.82. The first-order valence-electron chi connectivity index (χ1n) is 7.55. The van der Waals surface area contributed by atoms with Crippen LogP contribution in [-0.2, 0) is 7.05 Å². The summed E-state index contributed by atoms with van der Waals surface area (Å²) < 4.78 is 1.94. The maximum atomic E-state index is 12.6. The zero-order valence-electron chi connectivity index (χ0n) is 13.2. The number of thiophene rings is 1. The molecule has 21 heavy (non-hydrogen) atoms. The smallest absolute Gasteiger partial charge is 0.268 e. The molecule has 0 aliphatic heterocycles. The van der Waals surface area contributed by atoms with Gasteiger partial charge in [0.15, 0.2) is 0 Å². The molecule has 114 valence electrons. The van der Waals surface area contributed by atoms with Crippen molar-refractivity contribution >= 4 is 17.2 Å². The minimum atomic E-state index is 0.0101. The number of aromatic nitrogens is 1. The van der Waals surface area contributed by atoms with Crippen molar-refractivity contribution in [1.82, 2.24) is 9.88 Å². The fourth-order valence-corrected chi connectivity index (χ4v) is 3.58. The molecule has 2 aromatic heterocycles. The first-order chi connectivity index (χ1) is 10.1. The average Bonchev–Trinajstić information content (AvgIpc) is 3.10. The monoisotopic (exact) mass is 304 g/mol. The summed E-state index contributed by atoms with van der Waals surface area (Å²) in [6, 6.07) is 8.14. The molecule has 3 nitrogen and oxygen atoms in total. The summed E-state index contributed by atoms with van der Waals surface area (Å²) in [5, 5.41) is 5.32. The molecular weight excluding hydrogens is 280 g/mol. The maximum Gasteiger partial charge on any atom is 0.268 e. The van der Waals surface area contributed by atoms with E-state index in [1.54, 1.807) is 11.3 Å². The highest BCUT2D eigenvalue weighted by Crippen LogP contribution is 2.30. The van der Waals surface area contributed by atoms with Crippen molar-refractivity contribution in [2.45, 2.75) is 39.7 Å². The molecule has 0 saturated heterocycles. The van der Waals surface area contributed by atoms with Crippen molar-refractivity contribution < 1.29 is 4.79 Å². The highest BCUT2D eigenvalue weighted by molar-refractivity contribution is 7.10. The van der Waals surface area contributed by atoms with Crippen molar-refractivity contribution in [3.63, 3.8) is 0 Å². The quantitative estimate of drug-likeness (QED) is 0.848. The van der Waals surface area contributed by atoms with Crippen LogP contribution < -0.4 is 5.32 Å². The van der Waals surface area contributed by atoms with Gasteiger partial charge in [0.2, 0.25) is 0 Å². The number of nitrogens with zero attached hydrogens (tertiary/aromatic N) is 1. The Balaban J connectivity index is 2.23. The van der Waals surface area contributed by atoms with E-state index in [2.05, 4.69) is 30.6 Å². The molecule has 0 bridgehead atoms. The SMILES string of the molecule is CCC(CC)C(NC(=O)c1ccc(C)n1C)c1cccs1. The van der Waals surface area contributed by atoms with E-state index in [1.165, 1.54) is 4.88 Å². The van der Waals surface area contributed by atoms with E-state index >= 15 is 0 Å². The first-order valence-corrected chi connectivity index (χ1v) is 8.43. The van der Waals surface area contributed by atoms with Crippen LogP contribution in [-0.4, -0.2) is 10.5 Å². The van der Waals surface area contributed by atoms with E-state index in [1.807, 2.05) is 36.7 Å². The van der Waals surface area contributed by atoms with Crippen molar-refractivity contribution in [3.05, 3.63) is 45.9 Å². The van der Waals surface area contributed by atoms with Gasteiger partial charge in [-0.15, -0.1) is 11.3 Å². The second kappa shape index (κ2) is 6.94. The molecule has 0 aromatic carbocycles. The van der Waals surface area contributed by atoms with Gasteiger partial charge in [0.05, 0.1) is 6.04 Å². The Kier molecular flexibility index (Phi) is 5.23. The van der Waals surface area contributed by atoms with Gasteiger partial charge < -0.3 is 9.88 Å². The van der Waals surface area contributed by atoms with Crippen LogP contribution in [0.25, 0.3) is 0 Å². The molecule has 2 rings (SSSR count). The molecule has 1 N–H and O–H groups in total. The lowest BCUT2D eigenvalue weighted by atomic mass is 9.93. The summed E-state index contributed by atoms with van der Waals surface area (Å²) in [4.78, 5) is 13.8. The van der Waals surface area contributed by atoms with Crippen LogP contribution in [0, 0.1) is 12.8 Å². The number of nitrogens with one attached hydrogen (secondary N) is 1. The molecular formula is C17H24N2OS. The van der Waals surface area contributed by atoms with Crippen LogP contribution in [0.4, 0.5) is 0 Å². The molecule has 2 heterocycles. The van der Waals surface area contributed by atoms with Gasteiger partial charge in [-0.1, -0.05) is 32.8 Å². The maximum absolute atomic E-state index is 12.6. The molecule has 1 unspecified atom stereocenters. The lowest BCUT2D eigenvalue weighted by molar-refractivity contribution is 0.0912. The van der Waals surface area contributed by atoms with E-state index in [0.29, 0.717) is 5.92 Å². The second-order valence-corrected chi connectivity index (χ2v) is 6.44. The van der Waals surface area contributed by atoms with E-state index in [-0.39, 0.29) is 11.9 Å². The minimum absolute atomic E-state index is 0.0101. The molecule has 4 heteroatoms. The number of carbonyl (C=O) groups excluding carboxylic acids is 1. The molecule has 0 radical (unpaired) electrons. The minimum Gasteiger partial charge on any atom is -0.344 e. The number of hydrogen-bond acceptors (Lipinski definition) is 2. The second-order valence-electron chi connectivity index (χ2n) is 5.46. The van der Waals surface area contributed by atoms with E-state index < -0.39 is 0 Å².